The van der Waals surface area contributed by atoms with Crippen molar-refractivity contribution < 1.29 is 14.3 Å². The predicted octanol–water partition coefficient (Wildman–Crippen LogP) is 1.26. The first-order valence-corrected chi connectivity index (χ1v) is 5.52. The van der Waals surface area contributed by atoms with Gasteiger partial charge in [-0.3, -0.25) is 4.79 Å². The number of nitrogens with one attached hydrogen (secondary N) is 1. The molecular formula is C11H15ClN2O3. The van der Waals surface area contributed by atoms with E-state index in [9.17, 15) is 4.79 Å². The van der Waals surface area contributed by atoms with E-state index in [0.717, 1.165) is 0 Å². The van der Waals surface area contributed by atoms with Crippen LogP contribution in [-0.2, 0) is 9.53 Å². The van der Waals surface area contributed by atoms with E-state index in [1.165, 1.54) is 6.20 Å². The zero-order valence-electron chi connectivity index (χ0n) is 9.77. The van der Waals surface area contributed by atoms with Crippen LogP contribution in [0.5, 0.6) is 5.75 Å². The van der Waals surface area contributed by atoms with Crippen LogP contribution in [0.1, 0.15) is 6.92 Å². The molecule has 1 atom stereocenters. The summed E-state index contributed by atoms with van der Waals surface area (Å²) in [6.07, 6.45) is 1.47. The monoisotopic (exact) mass is 258 g/mol. The molecule has 1 aromatic heterocycles. The van der Waals surface area contributed by atoms with Crippen LogP contribution < -0.4 is 10.1 Å². The van der Waals surface area contributed by atoms with E-state index in [2.05, 4.69) is 10.3 Å². The fourth-order valence-electron chi connectivity index (χ4n) is 1.20. The molecule has 1 heterocycles. The van der Waals surface area contributed by atoms with Crippen LogP contribution in [0.4, 0.5) is 0 Å². The van der Waals surface area contributed by atoms with Gasteiger partial charge in [-0.25, -0.2) is 4.98 Å². The molecule has 1 aromatic rings. The molecule has 0 saturated heterocycles. The number of nitrogens with zero attached hydrogens (tertiary/aromatic N) is 1. The Kier molecular flexibility index (Phi) is 5.72. The standard InChI is InChI=1S/C11H15ClN2O3/c1-8(6-16-2)14-11(15)7-17-9-3-4-10(12)13-5-9/h3-5,8H,6-7H2,1-2H3,(H,14,15). The number of pyridine rings is 1. The second-order valence-electron chi connectivity index (χ2n) is 3.53. The van der Waals surface area contributed by atoms with Gasteiger partial charge in [0.05, 0.1) is 12.8 Å². The summed E-state index contributed by atoms with van der Waals surface area (Å²) in [6, 6.07) is 3.21. The Morgan fingerprint density at radius 1 is 1.59 bits per heavy atom. The average molecular weight is 259 g/mol. The quantitative estimate of drug-likeness (QED) is 0.781. The van der Waals surface area contributed by atoms with Gasteiger partial charge in [0.25, 0.3) is 5.91 Å². The van der Waals surface area contributed by atoms with Gasteiger partial charge >= 0.3 is 0 Å². The molecule has 0 saturated carbocycles. The lowest BCUT2D eigenvalue weighted by atomic mass is 10.3. The molecular weight excluding hydrogens is 244 g/mol. The van der Waals surface area contributed by atoms with Gasteiger partial charge in [0.1, 0.15) is 10.9 Å². The maximum absolute atomic E-state index is 11.4. The molecule has 0 aromatic carbocycles. The number of halogens is 1. The Morgan fingerprint density at radius 2 is 2.35 bits per heavy atom. The first-order valence-electron chi connectivity index (χ1n) is 5.14. The van der Waals surface area contributed by atoms with Crippen molar-refractivity contribution >= 4 is 17.5 Å². The van der Waals surface area contributed by atoms with Crippen molar-refractivity contribution in [3.8, 4) is 5.75 Å². The lowest BCUT2D eigenvalue weighted by Gasteiger charge is -2.13. The Balaban J connectivity index is 2.30. The smallest absolute Gasteiger partial charge is 0.258 e. The third-order valence-electron chi connectivity index (χ3n) is 1.89. The molecule has 1 unspecified atom stereocenters. The second-order valence-corrected chi connectivity index (χ2v) is 3.92. The van der Waals surface area contributed by atoms with E-state index in [-0.39, 0.29) is 18.6 Å². The number of amides is 1. The molecule has 17 heavy (non-hydrogen) atoms. The van der Waals surface area contributed by atoms with Gasteiger partial charge < -0.3 is 14.8 Å². The van der Waals surface area contributed by atoms with E-state index in [4.69, 9.17) is 21.1 Å². The van der Waals surface area contributed by atoms with Gasteiger partial charge in [0.15, 0.2) is 6.61 Å². The van der Waals surface area contributed by atoms with Gasteiger partial charge in [0, 0.05) is 13.2 Å². The molecule has 0 aliphatic carbocycles. The molecule has 0 fully saturated rings. The fourth-order valence-corrected chi connectivity index (χ4v) is 1.32. The maximum atomic E-state index is 11.4. The van der Waals surface area contributed by atoms with Crippen LogP contribution in [-0.4, -0.2) is 37.3 Å². The SMILES string of the molecule is COCC(C)NC(=O)COc1ccc(Cl)nc1. The molecule has 6 heteroatoms. The summed E-state index contributed by atoms with van der Waals surface area (Å²) in [5.41, 5.74) is 0. The van der Waals surface area contributed by atoms with Crippen LogP contribution in [0.25, 0.3) is 0 Å². The van der Waals surface area contributed by atoms with Crippen molar-refractivity contribution in [2.24, 2.45) is 0 Å². The summed E-state index contributed by atoms with van der Waals surface area (Å²) in [5.74, 6) is 0.299. The van der Waals surface area contributed by atoms with Crippen molar-refractivity contribution in [3.63, 3.8) is 0 Å². The lowest BCUT2D eigenvalue weighted by molar-refractivity contribution is -0.124. The van der Waals surface area contributed by atoms with E-state index in [0.29, 0.717) is 17.5 Å². The maximum Gasteiger partial charge on any atom is 0.258 e. The lowest BCUT2D eigenvalue weighted by Crippen LogP contribution is -2.38. The summed E-state index contributed by atoms with van der Waals surface area (Å²) in [4.78, 5) is 15.3. The number of ether oxygens (including phenoxy) is 2. The predicted molar refractivity (Wildman–Crippen MR) is 64.2 cm³/mol. The van der Waals surface area contributed by atoms with Crippen LogP contribution in [0.3, 0.4) is 0 Å². The molecule has 0 aliphatic rings. The highest BCUT2D eigenvalue weighted by molar-refractivity contribution is 6.29. The van der Waals surface area contributed by atoms with Gasteiger partial charge in [-0.1, -0.05) is 11.6 Å². The number of carbonyl (C=O) groups excluding carboxylic acids is 1. The van der Waals surface area contributed by atoms with Crippen LogP contribution in [0.15, 0.2) is 18.3 Å². The van der Waals surface area contributed by atoms with Crippen molar-refractivity contribution in [2.75, 3.05) is 20.3 Å². The van der Waals surface area contributed by atoms with E-state index in [1.54, 1.807) is 19.2 Å². The summed E-state index contributed by atoms with van der Waals surface area (Å²) in [7, 11) is 1.58. The highest BCUT2D eigenvalue weighted by Crippen LogP contribution is 2.11. The molecule has 94 valence electrons. The largest absolute Gasteiger partial charge is 0.482 e. The Labute approximate surface area is 105 Å². The van der Waals surface area contributed by atoms with Gasteiger partial charge in [-0.15, -0.1) is 0 Å². The molecule has 0 aliphatic heterocycles. The zero-order chi connectivity index (χ0) is 12.7. The van der Waals surface area contributed by atoms with E-state index < -0.39 is 0 Å². The topological polar surface area (TPSA) is 60.5 Å². The van der Waals surface area contributed by atoms with Crippen molar-refractivity contribution in [3.05, 3.63) is 23.5 Å². The molecule has 1 amide bonds. The molecule has 0 radical (unpaired) electrons. The molecule has 1 rings (SSSR count). The number of rotatable bonds is 6. The number of carbonyl (C=O) groups is 1. The second kappa shape index (κ2) is 7.09. The molecule has 0 spiro atoms. The first-order chi connectivity index (χ1) is 8.11. The number of aromatic nitrogens is 1. The minimum Gasteiger partial charge on any atom is -0.482 e. The molecule has 1 N–H and O–H groups in total. The van der Waals surface area contributed by atoms with Gasteiger partial charge in [0.2, 0.25) is 0 Å². The van der Waals surface area contributed by atoms with Crippen LogP contribution in [0.2, 0.25) is 5.15 Å². The molecule has 0 bridgehead atoms. The summed E-state index contributed by atoms with van der Waals surface area (Å²) in [5, 5.41) is 3.11. The minimum atomic E-state index is -0.204. The third-order valence-corrected chi connectivity index (χ3v) is 2.12. The highest BCUT2D eigenvalue weighted by Gasteiger charge is 2.07. The van der Waals surface area contributed by atoms with E-state index >= 15 is 0 Å². The first kappa shape index (κ1) is 13.7. The average Bonchev–Trinajstić information content (AvgIpc) is 2.28. The number of hydrogen-bond acceptors (Lipinski definition) is 4. The van der Waals surface area contributed by atoms with Crippen molar-refractivity contribution in [1.29, 1.82) is 0 Å². The fraction of sp³-hybridized carbons (Fsp3) is 0.455. The third kappa shape index (κ3) is 5.51. The summed E-state index contributed by atoms with van der Waals surface area (Å²) >= 11 is 5.62. The van der Waals surface area contributed by atoms with E-state index in [1.807, 2.05) is 6.92 Å². The highest BCUT2D eigenvalue weighted by atomic mass is 35.5. The van der Waals surface area contributed by atoms with Crippen LogP contribution >= 0.6 is 11.6 Å². The van der Waals surface area contributed by atoms with Crippen LogP contribution in [0, 0.1) is 0 Å². The number of methoxy groups -OCH3 is 1. The summed E-state index contributed by atoms with van der Waals surface area (Å²) in [6.45, 7) is 2.26. The molecule has 5 nitrogen and oxygen atoms in total. The van der Waals surface area contributed by atoms with Gasteiger partial charge in [-0.2, -0.15) is 0 Å². The van der Waals surface area contributed by atoms with Crippen molar-refractivity contribution in [2.45, 2.75) is 13.0 Å². The Hall–Kier alpha value is -1.33. The Bertz CT molecular complexity index is 356. The minimum absolute atomic E-state index is 0.0422. The van der Waals surface area contributed by atoms with Crippen molar-refractivity contribution in [1.82, 2.24) is 10.3 Å². The zero-order valence-corrected chi connectivity index (χ0v) is 10.5. The summed E-state index contributed by atoms with van der Waals surface area (Å²) < 4.78 is 10.1. The normalized spacial score (nSPS) is 11.9. The Morgan fingerprint density at radius 3 is 2.94 bits per heavy atom. The number of hydrogen-bond donors (Lipinski definition) is 1. The van der Waals surface area contributed by atoms with Gasteiger partial charge in [-0.05, 0) is 19.1 Å².